The number of nitrogens with zero attached hydrogens (tertiary/aromatic N) is 6. The zero-order valence-electron chi connectivity index (χ0n) is 23.0. The van der Waals surface area contributed by atoms with Crippen LogP contribution in [0.5, 0.6) is 0 Å². The third-order valence-corrected chi connectivity index (χ3v) is 5.18. The van der Waals surface area contributed by atoms with E-state index in [-0.39, 0.29) is 0 Å². The molecule has 2 aliphatic rings. The second-order valence-electron chi connectivity index (χ2n) is 8.92. The molecule has 2 saturated heterocycles. The van der Waals surface area contributed by atoms with Gasteiger partial charge in [-0.05, 0) is 42.3 Å². The summed E-state index contributed by atoms with van der Waals surface area (Å²) in [6.45, 7) is 16.6. The van der Waals surface area contributed by atoms with Crippen molar-refractivity contribution in [3.8, 4) is 0 Å². The van der Waals surface area contributed by atoms with Crippen LogP contribution in [0.4, 0.5) is 0 Å². The van der Waals surface area contributed by atoms with Gasteiger partial charge in [-0.3, -0.25) is 9.59 Å². The van der Waals surface area contributed by atoms with Gasteiger partial charge >= 0.3 is 35.6 Å². The topological polar surface area (TPSA) is 103 Å². The van der Waals surface area contributed by atoms with Crippen molar-refractivity contribution in [2.45, 2.75) is 13.8 Å². The van der Waals surface area contributed by atoms with E-state index in [1.54, 1.807) is 0 Å². The van der Waals surface area contributed by atoms with Crippen molar-refractivity contribution in [1.29, 1.82) is 0 Å². The molecule has 0 spiro atoms. The van der Waals surface area contributed by atoms with Gasteiger partial charge in [0.1, 0.15) is 0 Å². The summed E-state index contributed by atoms with van der Waals surface area (Å²) in [6, 6.07) is 0. The zero-order valence-corrected chi connectivity index (χ0v) is 25.4. The Morgan fingerprint density at radius 3 is 0.600 bits per heavy atom. The molecule has 2 fully saturated rings. The van der Waals surface area contributed by atoms with Crippen molar-refractivity contribution in [3.63, 3.8) is 0 Å². The number of hydrogen-bond donors (Lipinski definition) is 2. The fraction of sp³-hybridized carbons (Fsp3) is 0.909. The molecule has 0 unspecified atom stereocenters. The van der Waals surface area contributed by atoms with Gasteiger partial charge in [-0.15, -0.1) is 0 Å². The Hall–Kier alpha value is -0.301. The molecule has 2 heterocycles. The van der Waals surface area contributed by atoms with Crippen LogP contribution in [-0.2, 0) is 45.2 Å². The van der Waals surface area contributed by atoms with Crippen molar-refractivity contribution >= 4 is 11.9 Å². The van der Waals surface area contributed by atoms with Crippen molar-refractivity contribution in [2.24, 2.45) is 0 Å². The summed E-state index contributed by atoms with van der Waals surface area (Å²) >= 11 is 5.12. The Morgan fingerprint density at radius 2 is 0.543 bits per heavy atom. The first-order chi connectivity index (χ1) is 16.2. The first kappa shape index (κ1) is 39.2. The van der Waals surface area contributed by atoms with E-state index in [0.717, 1.165) is 13.8 Å². The number of rotatable bonds is 0. The predicted molar refractivity (Wildman–Crippen MR) is 133 cm³/mol. The van der Waals surface area contributed by atoms with Crippen LogP contribution in [0.2, 0.25) is 0 Å². The summed E-state index contributed by atoms with van der Waals surface area (Å²) in [4.78, 5) is 32.4. The molecule has 13 heteroatoms. The first-order valence-corrected chi connectivity index (χ1v) is 12.6. The molecule has 0 aromatic carbocycles. The van der Waals surface area contributed by atoms with Gasteiger partial charge < -0.3 is 39.6 Å². The van der Waals surface area contributed by atoms with Crippen LogP contribution in [0.15, 0.2) is 0 Å². The summed E-state index contributed by atoms with van der Waals surface area (Å²) in [7, 11) is 13.2. The van der Waals surface area contributed by atoms with Gasteiger partial charge in [-0.2, -0.15) is 0 Å². The maximum absolute atomic E-state index is 9.00. The molecular formula is C22H50Mn2N6O5. The van der Waals surface area contributed by atoms with Gasteiger partial charge in [-0.25, -0.2) is 0 Å². The Bertz CT molecular complexity index is 389. The molecular weight excluding hydrogens is 538 g/mol. The monoisotopic (exact) mass is 588 g/mol. The fourth-order valence-corrected chi connectivity index (χ4v) is 2.72. The molecule has 2 aliphatic heterocycles. The molecule has 11 nitrogen and oxygen atoms in total. The van der Waals surface area contributed by atoms with Crippen molar-refractivity contribution in [1.82, 2.24) is 29.4 Å². The van der Waals surface area contributed by atoms with Crippen LogP contribution in [0.1, 0.15) is 13.8 Å². The van der Waals surface area contributed by atoms with E-state index in [4.69, 9.17) is 19.8 Å². The quantitative estimate of drug-likeness (QED) is 0.365. The molecule has 35 heavy (non-hydrogen) atoms. The third-order valence-electron chi connectivity index (χ3n) is 5.18. The van der Waals surface area contributed by atoms with Gasteiger partial charge in [-0.1, -0.05) is 0 Å². The first-order valence-electron chi connectivity index (χ1n) is 11.6. The summed E-state index contributed by atoms with van der Waals surface area (Å²) in [5.41, 5.74) is 0. The summed E-state index contributed by atoms with van der Waals surface area (Å²) in [5, 5.41) is 14.8. The Labute approximate surface area is 231 Å². The molecule has 2 N–H and O–H groups in total. The number of likely N-dealkylation sites (N-methyl/N-ethyl adjacent to an activating group) is 6. The number of hydrogen-bond acceptors (Lipinski definition) is 9. The summed E-state index contributed by atoms with van der Waals surface area (Å²) in [5.74, 6) is -1.67. The van der Waals surface area contributed by atoms with Crippen molar-refractivity contribution in [3.05, 3.63) is 0 Å². The van der Waals surface area contributed by atoms with E-state index >= 15 is 0 Å². The van der Waals surface area contributed by atoms with Gasteiger partial charge in [0, 0.05) is 92.4 Å². The van der Waals surface area contributed by atoms with Crippen LogP contribution >= 0.6 is 0 Å². The minimum absolute atomic E-state index is 0.833. The van der Waals surface area contributed by atoms with Crippen molar-refractivity contribution < 1.29 is 55.4 Å². The van der Waals surface area contributed by atoms with Gasteiger partial charge in [0.2, 0.25) is 0 Å². The maximum atomic E-state index is 9.00. The standard InChI is InChI=1S/2C9H21N3.2C2H4O2.2Mn.O/c2*1-10-4-6-11(2)8-9-12(3)7-5-10;2*1-2(3)4;;;/h2*4-9H2,1-3H3;2*1H3,(H,3,4);;;. The SMILES string of the molecule is CC(=O)O.CC(=O)O.CN1CCN(C)CCN(C)CC1.CN1CCN(C)CCN(C)CC1.[Mn][O][Mn]. The predicted octanol–water partition coefficient (Wildman–Crippen LogP) is -0.301. The Kier molecular flexibility index (Phi) is 30.0. The molecule has 0 radical (unpaired) electrons. The Morgan fingerprint density at radius 1 is 0.486 bits per heavy atom. The van der Waals surface area contributed by atoms with Crippen molar-refractivity contribution in [2.75, 3.05) is 121 Å². The second kappa shape index (κ2) is 26.8. The zero-order chi connectivity index (χ0) is 27.8. The fourth-order valence-electron chi connectivity index (χ4n) is 2.72. The molecule has 0 amide bonds. The molecule has 0 saturated carbocycles. The van der Waals surface area contributed by atoms with Crippen LogP contribution in [0.25, 0.3) is 0 Å². The molecule has 0 atom stereocenters. The third kappa shape index (κ3) is 38.4. The second-order valence-corrected chi connectivity index (χ2v) is 9.85. The Balaban J connectivity index is -0.000000416. The molecule has 0 bridgehead atoms. The molecule has 212 valence electrons. The molecule has 0 aromatic rings. The number of carbonyl (C=O) groups is 2. The molecule has 0 aromatic heterocycles. The number of carboxylic acids is 2. The minimum atomic E-state index is -0.833. The van der Waals surface area contributed by atoms with Crippen LogP contribution < -0.4 is 0 Å². The van der Waals surface area contributed by atoms with E-state index in [1.807, 2.05) is 0 Å². The van der Waals surface area contributed by atoms with Gasteiger partial charge in [0.15, 0.2) is 0 Å². The van der Waals surface area contributed by atoms with Crippen LogP contribution in [0.3, 0.4) is 0 Å². The van der Waals surface area contributed by atoms with Crippen LogP contribution in [0, 0.1) is 0 Å². The average molecular weight is 589 g/mol. The average Bonchev–Trinajstić information content (AvgIpc) is 2.86. The summed E-state index contributed by atoms with van der Waals surface area (Å²) < 4.78 is 3.88. The van der Waals surface area contributed by atoms with E-state index in [2.05, 4.69) is 107 Å². The number of aliphatic carboxylic acids is 2. The van der Waals surface area contributed by atoms with Gasteiger partial charge in [0.25, 0.3) is 11.9 Å². The van der Waals surface area contributed by atoms with E-state index in [9.17, 15) is 0 Å². The van der Waals surface area contributed by atoms with Crippen LogP contribution in [-0.4, -0.2) is 172 Å². The molecule has 0 aliphatic carbocycles. The number of carboxylic acid groups (broad SMARTS) is 2. The van der Waals surface area contributed by atoms with Gasteiger partial charge in [0.05, 0.1) is 0 Å². The summed E-state index contributed by atoms with van der Waals surface area (Å²) in [6.07, 6.45) is 0. The normalized spacial score (nSPS) is 19.9. The van der Waals surface area contributed by atoms with E-state index in [1.165, 1.54) is 78.5 Å². The van der Waals surface area contributed by atoms with E-state index in [0.29, 0.717) is 0 Å². The van der Waals surface area contributed by atoms with E-state index < -0.39 is 11.9 Å². The molecule has 2 rings (SSSR count).